The zero-order valence-electron chi connectivity index (χ0n) is 18.5. The largest absolute Gasteiger partial charge is 0.333 e. The van der Waals surface area contributed by atoms with Crippen molar-refractivity contribution in [3.05, 3.63) is 89.4 Å². The van der Waals surface area contributed by atoms with Gasteiger partial charge < -0.3 is 9.88 Å². The zero-order chi connectivity index (χ0) is 22.8. The lowest BCUT2D eigenvalue weighted by atomic mass is 10.0. The molecule has 168 valence electrons. The Labute approximate surface area is 191 Å². The molecule has 0 aliphatic heterocycles. The van der Waals surface area contributed by atoms with Crippen LogP contribution < -0.4 is 5.32 Å². The molecule has 0 saturated carbocycles. The van der Waals surface area contributed by atoms with E-state index in [-0.39, 0.29) is 12.5 Å². The maximum Gasteiger partial charge on any atom is 0.157 e. The SMILES string of the molecule is Cc1ccccc1-c1c(F)c2c3cn[nH]c3ccc2n1Cc1ccc(CCNCCF)cc1. The van der Waals surface area contributed by atoms with Crippen LogP contribution >= 0.6 is 0 Å². The first-order valence-corrected chi connectivity index (χ1v) is 11.2. The second-order valence-corrected chi connectivity index (χ2v) is 8.36. The molecule has 3 aromatic carbocycles. The molecule has 0 bridgehead atoms. The highest BCUT2D eigenvalue weighted by Gasteiger charge is 2.22. The molecule has 2 aromatic heterocycles. The first-order valence-electron chi connectivity index (χ1n) is 11.2. The number of alkyl halides is 1. The average molecular weight is 445 g/mol. The summed E-state index contributed by atoms with van der Waals surface area (Å²) < 4.78 is 30.3. The number of aromatic amines is 1. The molecule has 6 heteroatoms. The van der Waals surface area contributed by atoms with Gasteiger partial charge in [0, 0.05) is 29.4 Å². The van der Waals surface area contributed by atoms with Crippen molar-refractivity contribution >= 4 is 21.8 Å². The van der Waals surface area contributed by atoms with Crippen molar-refractivity contribution in [1.29, 1.82) is 0 Å². The quantitative estimate of drug-likeness (QED) is 0.298. The maximum atomic E-state index is 16.0. The van der Waals surface area contributed by atoms with Gasteiger partial charge in [-0.05, 0) is 48.7 Å². The highest BCUT2D eigenvalue weighted by Crippen LogP contribution is 2.37. The number of nitrogens with one attached hydrogen (secondary N) is 2. The van der Waals surface area contributed by atoms with Crippen molar-refractivity contribution in [2.24, 2.45) is 0 Å². The fourth-order valence-electron chi connectivity index (χ4n) is 4.50. The van der Waals surface area contributed by atoms with Gasteiger partial charge in [-0.3, -0.25) is 5.10 Å². The Morgan fingerprint density at radius 3 is 2.55 bits per heavy atom. The number of benzene rings is 3. The van der Waals surface area contributed by atoms with Crippen LogP contribution in [-0.2, 0) is 13.0 Å². The lowest BCUT2D eigenvalue weighted by Gasteiger charge is -2.13. The van der Waals surface area contributed by atoms with E-state index in [2.05, 4.69) is 44.3 Å². The normalized spacial score (nSPS) is 11.6. The predicted molar refractivity (Wildman–Crippen MR) is 130 cm³/mol. The Morgan fingerprint density at radius 2 is 1.76 bits per heavy atom. The van der Waals surface area contributed by atoms with Gasteiger partial charge >= 0.3 is 0 Å². The summed E-state index contributed by atoms with van der Waals surface area (Å²) in [5, 5.41) is 11.5. The van der Waals surface area contributed by atoms with Crippen molar-refractivity contribution in [3.63, 3.8) is 0 Å². The molecule has 0 saturated heterocycles. The Morgan fingerprint density at radius 1 is 0.970 bits per heavy atom. The molecule has 0 spiro atoms. The highest BCUT2D eigenvalue weighted by molar-refractivity contribution is 6.07. The molecule has 33 heavy (non-hydrogen) atoms. The minimum atomic E-state index is -0.353. The van der Waals surface area contributed by atoms with E-state index in [0.29, 0.717) is 24.2 Å². The molecule has 2 N–H and O–H groups in total. The molecular weight excluding hydrogens is 418 g/mol. The summed E-state index contributed by atoms with van der Waals surface area (Å²) >= 11 is 0. The van der Waals surface area contributed by atoms with Gasteiger partial charge in [-0.15, -0.1) is 0 Å². The van der Waals surface area contributed by atoms with Crippen LogP contribution in [0.2, 0.25) is 0 Å². The molecule has 0 aliphatic carbocycles. The van der Waals surface area contributed by atoms with Crippen molar-refractivity contribution < 1.29 is 8.78 Å². The van der Waals surface area contributed by atoms with E-state index in [9.17, 15) is 4.39 Å². The number of rotatable bonds is 8. The van der Waals surface area contributed by atoms with Gasteiger partial charge in [-0.2, -0.15) is 5.10 Å². The fourth-order valence-corrected chi connectivity index (χ4v) is 4.50. The van der Waals surface area contributed by atoms with Crippen LogP contribution in [0, 0.1) is 12.7 Å². The van der Waals surface area contributed by atoms with Crippen LogP contribution in [-0.4, -0.2) is 34.5 Å². The second-order valence-electron chi connectivity index (χ2n) is 8.36. The van der Waals surface area contributed by atoms with Gasteiger partial charge in [-0.1, -0.05) is 48.5 Å². The predicted octanol–water partition coefficient (Wildman–Crippen LogP) is 5.78. The number of hydrogen-bond acceptors (Lipinski definition) is 2. The summed E-state index contributed by atoms with van der Waals surface area (Å²) in [6.07, 6.45) is 2.53. The first kappa shape index (κ1) is 21.3. The summed E-state index contributed by atoms with van der Waals surface area (Å²) in [5.41, 5.74) is 6.46. The van der Waals surface area contributed by atoms with Crippen molar-refractivity contribution in [2.75, 3.05) is 19.8 Å². The van der Waals surface area contributed by atoms with Crippen LogP contribution in [0.1, 0.15) is 16.7 Å². The smallest absolute Gasteiger partial charge is 0.157 e. The Hall–Kier alpha value is -3.51. The molecule has 0 aliphatic rings. The van der Waals surface area contributed by atoms with E-state index < -0.39 is 0 Å². The second kappa shape index (κ2) is 9.16. The van der Waals surface area contributed by atoms with Crippen molar-refractivity contribution in [3.8, 4) is 11.3 Å². The van der Waals surface area contributed by atoms with Crippen LogP contribution in [0.4, 0.5) is 8.78 Å². The number of aromatic nitrogens is 3. The summed E-state index contributed by atoms with van der Waals surface area (Å²) in [6.45, 7) is 3.34. The number of H-pyrrole nitrogens is 1. The molecule has 0 atom stereocenters. The Bertz CT molecular complexity index is 1400. The molecule has 4 nitrogen and oxygen atoms in total. The minimum Gasteiger partial charge on any atom is -0.333 e. The topological polar surface area (TPSA) is 45.6 Å². The summed E-state index contributed by atoms with van der Waals surface area (Å²) in [4.78, 5) is 0. The number of aryl methyl sites for hydroxylation is 1. The van der Waals surface area contributed by atoms with Gasteiger partial charge in [-0.25, -0.2) is 8.78 Å². The van der Waals surface area contributed by atoms with Gasteiger partial charge in [0.2, 0.25) is 0 Å². The highest BCUT2D eigenvalue weighted by atomic mass is 19.1. The third-order valence-corrected chi connectivity index (χ3v) is 6.22. The first-order chi connectivity index (χ1) is 16.2. The van der Waals surface area contributed by atoms with E-state index in [0.717, 1.165) is 46.1 Å². The average Bonchev–Trinajstić information content (AvgIpc) is 3.41. The van der Waals surface area contributed by atoms with Crippen LogP contribution in [0.25, 0.3) is 33.1 Å². The van der Waals surface area contributed by atoms with E-state index in [1.807, 2.05) is 43.3 Å². The number of halogens is 2. The lowest BCUT2D eigenvalue weighted by molar-refractivity contribution is 0.468. The van der Waals surface area contributed by atoms with Crippen molar-refractivity contribution in [2.45, 2.75) is 19.9 Å². The van der Waals surface area contributed by atoms with E-state index >= 15 is 4.39 Å². The number of hydrogen-bond donors (Lipinski definition) is 2. The Balaban J connectivity index is 1.57. The molecule has 0 fully saturated rings. The standard InChI is InChI=1S/C27H26F2N4/c1-18-4-2-3-5-21(18)27-26(29)25-22-16-31-32-23(22)10-11-24(25)33(27)17-20-8-6-19(7-9-20)12-14-30-15-13-28/h2-11,16,30H,12-15,17H2,1H3,(H,31,32). The van der Waals surface area contributed by atoms with Gasteiger partial charge in [0.05, 0.1) is 22.9 Å². The molecule has 0 unspecified atom stereocenters. The van der Waals surface area contributed by atoms with E-state index in [1.54, 1.807) is 6.20 Å². The number of fused-ring (bicyclic) bond motifs is 3. The van der Waals surface area contributed by atoms with E-state index in [1.165, 1.54) is 5.56 Å². The zero-order valence-corrected chi connectivity index (χ0v) is 18.5. The van der Waals surface area contributed by atoms with Crippen LogP contribution in [0.5, 0.6) is 0 Å². The van der Waals surface area contributed by atoms with E-state index in [4.69, 9.17) is 0 Å². The molecule has 2 heterocycles. The third-order valence-electron chi connectivity index (χ3n) is 6.22. The van der Waals surface area contributed by atoms with Gasteiger partial charge in [0.25, 0.3) is 0 Å². The summed E-state index contributed by atoms with van der Waals surface area (Å²) in [6, 6.07) is 20.2. The Kier molecular flexibility index (Phi) is 5.92. The molecule has 5 rings (SSSR count). The maximum absolute atomic E-state index is 16.0. The molecule has 5 aromatic rings. The summed E-state index contributed by atoms with van der Waals surface area (Å²) in [5.74, 6) is -0.221. The van der Waals surface area contributed by atoms with Crippen LogP contribution in [0.15, 0.2) is 66.9 Å². The lowest BCUT2D eigenvalue weighted by Crippen LogP contribution is -2.19. The molecule has 0 amide bonds. The fraction of sp³-hybridized carbons (Fsp3) is 0.222. The van der Waals surface area contributed by atoms with Crippen molar-refractivity contribution in [1.82, 2.24) is 20.1 Å². The molecular formula is C27H26F2N4. The van der Waals surface area contributed by atoms with Crippen LogP contribution in [0.3, 0.4) is 0 Å². The molecule has 0 radical (unpaired) electrons. The minimum absolute atomic E-state index is 0.221. The van der Waals surface area contributed by atoms with Gasteiger partial charge in [0.15, 0.2) is 5.82 Å². The third kappa shape index (κ3) is 4.02. The number of nitrogens with zero attached hydrogens (tertiary/aromatic N) is 2. The monoisotopic (exact) mass is 444 g/mol. The summed E-state index contributed by atoms with van der Waals surface area (Å²) in [7, 11) is 0. The van der Waals surface area contributed by atoms with Gasteiger partial charge in [0.1, 0.15) is 6.67 Å².